The van der Waals surface area contributed by atoms with Crippen LogP contribution in [0.5, 0.6) is 5.75 Å². The number of carbonyl (C=O) groups is 2. The number of hydrogen-bond donors (Lipinski definition) is 0. The van der Waals surface area contributed by atoms with Crippen LogP contribution in [-0.4, -0.2) is 41.8 Å². The summed E-state index contributed by atoms with van der Waals surface area (Å²) in [6.07, 6.45) is 1.21. The summed E-state index contributed by atoms with van der Waals surface area (Å²) in [6, 6.07) is 12.5. The van der Waals surface area contributed by atoms with Crippen LogP contribution in [0, 0.1) is 5.92 Å². The van der Waals surface area contributed by atoms with Crippen molar-refractivity contribution in [2.45, 2.75) is 12.8 Å². The van der Waals surface area contributed by atoms with Crippen LogP contribution >= 0.6 is 34.5 Å². The number of carbonyl (C=O) groups excluding carboxylic acids is 2. The lowest BCUT2D eigenvalue weighted by molar-refractivity contribution is 0.0646. The second-order valence-electron chi connectivity index (χ2n) is 7.30. The predicted octanol–water partition coefficient (Wildman–Crippen LogP) is 5.86. The van der Waals surface area contributed by atoms with Gasteiger partial charge in [0, 0.05) is 30.0 Å². The van der Waals surface area contributed by atoms with E-state index >= 15 is 0 Å². The first-order valence-corrected chi connectivity index (χ1v) is 11.5. The van der Waals surface area contributed by atoms with E-state index < -0.39 is 0 Å². The smallest absolute Gasteiger partial charge is 0.273 e. The third kappa shape index (κ3) is 4.61. The molecule has 5 nitrogen and oxygen atoms in total. The van der Waals surface area contributed by atoms with E-state index in [0.29, 0.717) is 47.2 Å². The Morgan fingerprint density at radius 1 is 1.10 bits per heavy atom. The lowest BCUT2D eigenvalue weighted by atomic mass is 9.89. The molecule has 1 aliphatic rings. The molecule has 2 aromatic carbocycles. The Kier molecular flexibility index (Phi) is 6.60. The van der Waals surface area contributed by atoms with Crippen molar-refractivity contribution in [2.75, 3.05) is 20.2 Å². The van der Waals surface area contributed by atoms with Crippen molar-refractivity contribution in [3.8, 4) is 16.3 Å². The van der Waals surface area contributed by atoms with E-state index in [0.717, 1.165) is 16.3 Å². The van der Waals surface area contributed by atoms with E-state index in [1.807, 2.05) is 24.3 Å². The van der Waals surface area contributed by atoms with Gasteiger partial charge < -0.3 is 9.64 Å². The molecular weight excluding hydrogens is 455 g/mol. The fourth-order valence-corrected chi connectivity index (χ4v) is 4.83. The van der Waals surface area contributed by atoms with Gasteiger partial charge in [0.2, 0.25) is 0 Å². The van der Waals surface area contributed by atoms with Gasteiger partial charge in [-0.25, -0.2) is 4.98 Å². The van der Waals surface area contributed by atoms with Gasteiger partial charge in [-0.2, -0.15) is 0 Å². The number of rotatable bonds is 5. The number of aromatic nitrogens is 1. The maximum atomic E-state index is 12.9. The fraction of sp³-hybridized carbons (Fsp3) is 0.261. The lowest BCUT2D eigenvalue weighted by Gasteiger charge is -2.31. The van der Waals surface area contributed by atoms with Crippen LogP contribution in [-0.2, 0) is 0 Å². The molecule has 0 N–H and O–H groups in total. The van der Waals surface area contributed by atoms with Crippen LogP contribution in [0.1, 0.15) is 33.7 Å². The first kappa shape index (κ1) is 21.8. The molecular formula is C23H20Cl2N2O3S. The number of halogens is 2. The molecule has 0 radical (unpaired) electrons. The van der Waals surface area contributed by atoms with Crippen LogP contribution in [0.3, 0.4) is 0 Å². The SMILES string of the molecule is COc1ccccc1-c1nc(C(=O)N2CCC(C(=O)c3ccc(Cl)c(Cl)c3)CC2)cs1. The average molecular weight is 475 g/mol. The summed E-state index contributed by atoms with van der Waals surface area (Å²) in [7, 11) is 1.61. The highest BCUT2D eigenvalue weighted by Crippen LogP contribution is 2.33. The van der Waals surface area contributed by atoms with E-state index in [9.17, 15) is 9.59 Å². The molecule has 0 saturated carbocycles. The molecule has 1 aromatic heterocycles. The number of methoxy groups -OCH3 is 1. The molecule has 4 rings (SSSR count). The fourth-order valence-electron chi connectivity index (χ4n) is 3.71. The summed E-state index contributed by atoms with van der Waals surface area (Å²) in [5.74, 6) is 0.508. The zero-order valence-corrected chi connectivity index (χ0v) is 19.1. The van der Waals surface area contributed by atoms with Gasteiger partial charge in [0.1, 0.15) is 16.5 Å². The molecule has 0 bridgehead atoms. The summed E-state index contributed by atoms with van der Waals surface area (Å²) in [5, 5.41) is 3.31. The van der Waals surface area contributed by atoms with E-state index in [-0.39, 0.29) is 17.6 Å². The number of ketones is 1. The Balaban J connectivity index is 1.41. The normalized spacial score (nSPS) is 14.5. The van der Waals surface area contributed by atoms with E-state index in [4.69, 9.17) is 27.9 Å². The monoisotopic (exact) mass is 474 g/mol. The largest absolute Gasteiger partial charge is 0.496 e. The predicted molar refractivity (Wildman–Crippen MR) is 124 cm³/mol. The summed E-state index contributed by atoms with van der Waals surface area (Å²) < 4.78 is 5.39. The van der Waals surface area contributed by atoms with E-state index in [2.05, 4.69) is 4.98 Å². The number of Topliss-reactive ketones (excluding diaryl/α,β-unsaturated/α-hetero) is 1. The minimum Gasteiger partial charge on any atom is -0.496 e. The molecule has 1 saturated heterocycles. The van der Waals surface area contributed by atoms with Crippen LogP contribution in [0.15, 0.2) is 47.8 Å². The Hall–Kier alpha value is -2.41. The van der Waals surface area contributed by atoms with Gasteiger partial charge >= 0.3 is 0 Å². The maximum Gasteiger partial charge on any atom is 0.273 e. The van der Waals surface area contributed by atoms with Gasteiger partial charge in [0.05, 0.1) is 22.7 Å². The number of para-hydroxylation sites is 1. The highest BCUT2D eigenvalue weighted by molar-refractivity contribution is 7.13. The third-order valence-corrected chi connectivity index (χ3v) is 7.03. The number of ether oxygens (including phenoxy) is 1. The number of likely N-dealkylation sites (tertiary alicyclic amines) is 1. The molecule has 0 aliphatic carbocycles. The molecule has 8 heteroatoms. The zero-order valence-electron chi connectivity index (χ0n) is 16.8. The van der Waals surface area contributed by atoms with Gasteiger partial charge in [-0.05, 0) is 43.2 Å². The summed E-state index contributed by atoms with van der Waals surface area (Å²) in [6.45, 7) is 1.02. The second-order valence-corrected chi connectivity index (χ2v) is 8.97. The zero-order chi connectivity index (χ0) is 22.0. The number of piperidine rings is 1. The minimum absolute atomic E-state index is 0.0396. The molecule has 0 spiro atoms. The van der Waals surface area contributed by atoms with Gasteiger partial charge in [0.25, 0.3) is 5.91 Å². The molecule has 1 fully saturated rings. The molecule has 160 valence electrons. The Morgan fingerprint density at radius 3 is 2.55 bits per heavy atom. The second kappa shape index (κ2) is 9.39. The summed E-state index contributed by atoms with van der Waals surface area (Å²) >= 11 is 13.4. The van der Waals surface area contributed by atoms with Gasteiger partial charge in [-0.3, -0.25) is 9.59 Å². The minimum atomic E-state index is -0.138. The highest BCUT2D eigenvalue weighted by Gasteiger charge is 2.29. The van der Waals surface area contributed by atoms with Gasteiger partial charge in [0.15, 0.2) is 5.78 Å². The molecule has 1 aliphatic heterocycles. The van der Waals surface area contributed by atoms with Crippen molar-refractivity contribution < 1.29 is 14.3 Å². The number of nitrogens with zero attached hydrogens (tertiary/aromatic N) is 2. The van der Waals surface area contributed by atoms with Crippen LogP contribution in [0.25, 0.3) is 10.6 Å². The van der Waals surface area contributed by atoms with E-state index in [1.165, 1.54) is 11.3 Å². The molecule has 0 unspecified atom stereocenters. The topological polar surface area (TPSA) is 59.5 Å². The quantitative estimate of drug-likeness (QED) is 0.434. The Morgan fingerprint density at radius 2 is 1.84 bits per heavy atom. The Labute approximate surface area is 194 Å². The third-order valence-electron chi connectivity index (χ3n) is 5.42. The van der Waals surface area contributed by atoms with Crippen molar-refractivity contribution in [3.05, 3.63) is 69.1 Å². The van der Waals surface area contributed by atoms with Crippen molar-refractivity contribution in [3.63, 3.8) is 0 Å². The molecule has 3 aromatic rings. The van der Waals surface area contributed by atoms with Gasteiger partial charge in [-0.15, -0.1) is 11.3 Å². The number of thiazole rings is 1. The average Bonchev–Trinajstić information content (AvgIpc) is 3.30. The number of hydrogen-bond acceptors (Lipinski definition) is 5. The van der Waals surface area contributed by atoms with E-state index in [1.54, 1.807) is 35.6 Å². The molecule has 2 heterocycles. The molecule has 31 heavy (non-hydrogen) atoms. The Bertz CT molecular complexity index is 1120. The van der Waals surface area contributed by atoms with Crippen molar-refractivity contribution in [1.82, 2.24) is 9.88 Å². The van der Waals surface area contributed by atoms with Crippen LogP contribution < -0.4 is 4.74 Å². The number of benzene rings is 2. The molecule has 1 amide bonds. The van der Waals surface area contributed by atoms with Crippen molar-refractivity contribution in [2.24, 2.45) is 5.92 Å². The standard InChI is InChI=1S/C23H20Cl2N2O3S/c1-30-20-5-3-2-4-16(20)22-26-19(13-31-22)23(29)27-10-8-14(9-11-27)21(28)15-6-7-17(24)18(25)12-15/h2-7,12-14H,8-11H2,1H3. The van der Waals surface area contributed by atoms with Gasteiger partial charge in [-0.1, -0.05) is 35.3 Å². The summed E-state index contributed by atoms with van der Waals surface area (Å²) in [5.41, 5.74) is 1.83. The first-order chi connectivity index (χ1) is 15.0. The lowest BCUT2D eigenvalue weighted by Crippen LogP contribution is -2.40. The maximum absolute atomic E-state index is 12.9. The first-order valence-electron chi connectivity index (χ1n) is 9.85. The molecule has 0 atom stereocenters. The van der Waals surface area contributed by atoms with Crippen LogP contribution in [0.2, 0.25) is 10.0 Å². The van der Waals surface area contributed by atoms with Crippen molar-refractivity contribution >= 4 is 46.2 Å². The highest BCUT2D eigenvalue weighted by atomic mass is 35.5. The number of amides is 1. The van der Waals surface area contributed by atoms with Crippen molar-refractivity contribution in [1.29, 1.82) is 0 Å². The van der Waals surface area contributed by atoms with Crippen LogP contribution in [0.4, 0.5) is 0 Å². The summed E-state index contributed by atoms with van der Waals surface area (Å²) in [4.78, 5) is 32.1.